The van der Waals surface area contributed by atoms with Gasteiger partial charge in [0.2, 0.25) is 0 Å². The van der Waals surface area contributed by atoms with Gasteiger partial charge in [-0.2, -0.15) is 0 Å². The van der Waals surface area contributed by atoms with E-state index in [0.29, 0.717) is 16.9 Å². The van der Waals surface area contributed by atoms with Crippen molar-refractivity contribution in [2.24, 2.45) is 5.84 Å². The Morgan fingerprint density at radius 1 is 1.30 bits per heavy atom. The van der Waals surface area contributed by atoms with E-state index in [1.165, 1.54) is 22.9 Å². The monoisotopic (exact) mass is 287 g/mol. The van der Waals surface area contributed by atoms with Crippen molar-refractivity contribution in [1.29, 1.82) is 0 Å². The second kappa shape index (κ2) is 5.68. The van der Waals surface area contributed by atoms with Gasteiger partial charge in [-0.25, -0.2) is 15.8 Å². The topological polar surface area (TPSA) is 75.9 Å². The number of benzene rings is 1. The molecule has 2 aromatic rings. The maximum absolute atomic E-state index is 5.42. The normalized spacial score (nSPS) is 16.2. The van der Waals surface area contributed by atoms with Crippen LogP contribution in [0.25, 0.3) is 0 Å². The van der Waals surface area contributed by atoms with E-state index < -0.39 is 0 Å². The lowest BCUT2D eigenvalue weighted by atomic mass is 9.78. The van der Waals surface area contributed by atoms with Gasteiger partial charge in [-0.15, -0.1) is 0 Å². The van der Waals surface area contributed by atoms with Crippen molar-refractivity contribution >= 4 is 23.4 Å². The number of anilines is 2. The second-order valence-electron chi connectivity index (χ2n) is 4.75. The number of rotatable bonds is 5. The summed E-state index contributed by atoms with van der Waals surface area (Å²) in [5, 5.41) is 4.08. The van der Waals surface area contributed by atoms with E-state index in [1.54, 1.807) is 0 Å². The number of aromatic nitrogens is 2. The van der Waals surface area contributed by atoms with Crippen molar-refractivity contribution in [1.82, 2.24) is 9.97 Å². The summed E-state index contributed by atoms with van der Waals surface area (Å²) in [4.78, 5) is 8.67. The van der Waals surface area contributed by atoms with Crippen LogP contribution in [-0.2, 0) is 6.42 Å². The highest BCUT2D eigenvalue weighted by Crippen LogP contribution is 2.34. The summed E-state index contributed by atoms with van der Waals surface area (Å²) in [5.74, 6) is 7.42. The number of nitrogen functional groups attached to an aromatic ring is 1. The summed E-state index contributed by atoms with van der Waals surface area (Å²) in [6.07, 6.45) is 3.08. The molecule has 4 N–H and O–H groups in total. The largest absolute Gasteiger partial charge is 0.369 e. The fraction of sp³-hybridized carbons (Fsp3) is 0.286. The van der Waals surface area contributed by atoms with Crippen molar-refractivity contribution in [2.45, 2.75) is 17.5 Å². The molecule has 1 aliphatic rings. The molecule has 1 aromatic carbocycles. The van der Waals surface area contributed by atoms with Crippen molar-refractivity contribution in [2.75, 3.05) is 23.5 Å². The average Bonchev–Trinajstić information content (AvgIpc) is 2.47. The minimum atomic E-state index is 0.563. The summed E-state index contributed by atoms with van der Waals surface area (Å²) in [6.45, 7) is 0.881. The van der Waals surface area contributed by atoms with Gasteiger partial charge in [-0.3, -0.25) is 0 Å². The Morgan fingerprint density at radius 2 is 2.10 bits per heavy atom. The molecule has 20 heavy (non-hydrogen) atoms. The van der Waals surface area contributed by atoms with E-state index in [0.717, 1.165) is 18.8 Å². The van der Waals surface area contributed by atoms with Gasteiger partial charge in [0.1, 0.15) is 11.6 Å². The average molecular weight is 287 g/mol. The molecule has 0 aliphatic heterocycles. The molecule has 6 heteroatoms. The van der Waals surface area contributed by atoms with E-state index in [-0.39, 0.29) is 0 Å². The molecule has 3 rings (SSSR count). The van der Waals surface area contributed by atoms with Gasteiger partial charge in [-0.1, -0.05) is 36.0 Å². The molecule has 0 saturated carbocycles. The third-order valence-electron chi connectivity index (χ3n) is 3.53. The summed E-state index contributed by atoms with van der Waals surface area (Å²) >= 11 is 1.50. The van der Waals surface area contributed by atoms with Gasteiger partial charge in [0.15, 0.2) is 5.16 Å². The van der Waals surface area contributed by atoms with Crippen molar-refractivity contribution in [3.8, 4) is 0 Å². The first-order valence-electron chi connectivity index (χ1n) is 6.51. The van der Waals surface area contributed by atoms with E-state index in [2.05, 4.69) is 45.0 Å². The Labute approximate surface area is 122 Å². The molecule has 0 amide bonds. The third-order valence-corrected chi connectivity index (χ3v) is 4.07. The first kappa shape index (κ1) is 13.2. The summed E-state index contributed by atoms with van der Waals surface area (Å²) in [7, 11) is 0. The van der Waals surface area contributed by atoms with Crippen LogP contribution in [0, 0.1) is 0 Å². The van der Waals surface area contributed by atoms with E-state index in [1.807, 2.05) is 12.3 Å². The lowest BCUT2D eigenvalue weighted by Crippen LogP contribution is -2.24. The van der Waals surface area contributed by atoms with Crippen LogP contribution in [0.4, 0.5) is 11.6 Å². The maximum Gasteiger partial charge on any atom is 0.191 e. The third kappa shape index (κ3) is 2.57. The number of nitrogens with one attached hydrogen (secondary N) is 2. The SMILES string of the molecule is CSc1nc(NN)cc(NCC2Cc3ccccc32)n1. The molecule has 0 fully saturated rings. The molecule has 0 saturated heterocycles. The highest BCUT2D eigenvalue weighted by molar-refractivity contribution is 7.98. The molecular formula is C14H17N5S. The second-order valence-corrected chi connectivity index (χ2v) is 5.52. The number of hydrogen-bond acceptors (Lipinski definition) is 6. The summed E-state index contributed by atoms with van der Waals surface area (Å²) in [6, 6.07) is 10.4. The molecule has 1 heterocycles. The molecular weight excluding hydrogens is 270 g/mol. The summed E-state index contributed by atoms with van der Waals surface area (Å²) in [5.41, 5.74) is 5.46. The van der Waals surface area contributed by atoms with E-state index in [9.17, 15) is 0 Å². The molecule has 1 aliphatic carbocycles. The number of hydrogen-bond donors (Lipinski definition) is 3. The zero-order valence-corrected chi connectivity index (χ0v) is 12.1. The minimum absolute atomic E-state index is 0.563. The van der Waals surface area contributed by atoms with Crippen LogP contribution in [0.2, 0.25) is 0 Å². The number of nitrogens with zero attached hydrogens (tertiary/aromatic N) is 2. The van der Waals surface area contributed by atoms with Crippen LogP contribution in [0.5, 0.6) is 0 Å². The van der Waals surface area contributed by atoms with Gasteiger partial charge in [0.25, 0.3) is 0 Å². The number of thioether (sulfide) groups is 1. The van der Waals surface area contributed by atoms with Crippen molar-refractivity contribution in [3.63, 3.8) is 0 Å². The van der Waals surface area contributed by atoms with E-state index in [4.69, 9.17) is 5.84 Å². The molecule has 1 unspecified atom stereocenters. The van der Waals surface area contributed by atoms with Crippen LogP contribution in [0.15, 0.2) is 35.5 Å². The molecule has 5 nitrogen and oxygen atoms in total. The van der Waals surface area contributed by atoms with Crippen molar-refractivity contribution in [3.05, 3.63) is 41.5 Å². The molecule has 1 atom stereocenters. The van der Waals surface area contributed by atoms with Gasteiger partial charge in [0.05, 0.1) is 0 Å². The Balaban J connectivity index is 1.67. The molecule has 0 spiro atoms. The molecule has 104 valence electrons. The zero-order chi connectivity index (χ0) is 13.9. The van der Waals surface area contributed by atoms with Gasteiger partial charge in [-0.05, 0) is 23.8 Å². The van der Waals surface area contributed by atoms with Crippen molar-refractivity contribution < 1.29 is 0 Å². The smallest absolute Gasteiger partial charge is 0.191 e. The lowest BCUT2D eigenvalue weighted by Gasteiger charge is -2.30. The minimum Gasteiger partial charge on any atom is -0.369 e. The number of hydrazine groups is 1. The van der Waals surface area contributed by atoms with Crippen LogP contribution in [0.1, 0.15) is 17.0 Å². The quantitative estimate of drug-likeness (QED) is 0.339. The first-order valence-corrected chi connectivity index (χ1v) is 7.74. The van der Waals surface area contributed by atoms with Gasteiger partial charge < -0.3 is 10.7 Å². The first-order chi connectivity index (χ1) is 9.80. The predicted octanol–water partition coefficient (Wildman–Crippen LogP) is 2.24. The highest BCUT2D eigenvalue weighted by atomic mass is 32.2. The van der Waals surface area contributed by atoms with Gasteiger partial charge >= 0.3 is 0 Å². The highest BCUT2D eigenvalue weighted by Gasteiger charge is 2.24. The number of nitrogens with two attached hydrogens (primary N) is 1. The standard InChI is InChI=1S/C14H17N5S/c1-20-14-17-12(7-13(18-14)19-15)16-8-10-6-9-4-2-3-5-11(9)10/h2-5,7,10H,6,8,15H2,1H3,(H2,16,17,18,19). The Bertz CT molecular complexity index is 594. The fourth-order valence-corrected chi connectivity index (χ4v) is 2.83. The van der Waals surface area contributed by atoms with Crippen LogP contribution >= 0.6 is 11.8 Å². The lowest BCUT2D eigenvalue weighted by molar-refractivity contribution is 0.634. The zero-order valence-electron chi connectivity index (χ0n) is 11.3. The van der Waals surface area contributed by atoms with E-state index >= 15 is 0 Å². The Kier molecular flexibility index (Phi) is 3.75. The van der Waals surface area contributed by atoms with Gasteiger partial charge in [0, 0.05) is 18.5 Å². The summed E-state index contributed by atoms with van der Waals surface area (Å²) < 4.78 is 0. The molecule has 0 bridgehead atoms. The molecule has 0 radical (unpaired) electrons. The fourth-order valence-electron chi connectivity index (χ4n) is 2.45. The van der Waals surface area contributed by atoms with Crippen LogP contribution in [-0.4, -0.2) is 22.8 Å². The van der Waals surface area contributed by atoms with Crippen LogP contribution < -0.4 is 16.6 Å². The predicted molar refractivity (Wildman–Crippen MR) is 83.0 cm³/mol. The Hall–Kier alpha value is -1.79. The maximum atomic E-state index is 5.42. The Morgan fingerprint density at radius 3 is 2.85 bits per heavy atom. The number of fused-ring (bicyclic) bond motifs is 1. The molecule has 1 aromatic heterocycles. The van der Waals surface area contributed by atoms with Crippen LogP contribution in [0.3, 0.4) is 0 Å².